The Bertz CT molecular complexity index is 422. The van der Waals surface area contributed by atoms with E-state index in [1.807, 2.05) is 17.9 Å². The van der Waals surface area contributed by atoms with Crippen molar-refractivity contribution in [3.05, 3.63) is 29.6 Å². The molecule has 1 aromatic rings. The van der Waals surface area contributed by atoms with Crippen molar-refractivity contribution in [2.24, 2.45) is 5.92 Å². The van der Waals surface area contributed by atoms with Gasteiger partial charge in [0.2, 0.25) is 0 Å². The number of carbonyl (C=O) groups excluding carboxylic acids is 1. The summed E-state index contributed by atoms with van der Waals surface area (Å²) in [4.78, 5) is 18.4. The summed E-state index contributed by atoms with van der Waals surface area (Å²) < 4.78 is 0. The smallest absolute Gasteiger partial charge is 0.255 e. The van der Waals surface area contributed by atoms with Gasteiger partial charge in [0.15, 0.2) is 0 Å². The second-order valence-corrected chi connectivity index (χ2v) is 5.38. The number of hydrogen-bond acceptors (Lipinski definition) is 2. The van der Waals surface area contributed by atoms with Crippen LogP contribution in [-0.2, 0) is 0 Å². The van der Waals surface area contributed by atoms with Gasteiger partial charge in [-0.05, 0) is 30.9 Å². The Labute approximate surface area is 110 Å². The maximum absolute atomic E-state index is 12.4. The van der Waals surface area contributed by atoms with Gasteiger partial charge in [0.25, 0.3) is 5.91 Å². The van der Waals surface area contributed by atoms with E-state index in [2.05, 4.69) is 27.8 Å². The number of hydrogen-bond donors (Lipinski definition) is 0. The van der Waals surface area contributed by atoms with Gasteiger partial charge in [-0.3, -0.25) is 9.78 Å². The molecule has 1 aromatic heterocycles. The second kappa shape index (κ2) is 5.17. The molecule has 92 valence electrons. The van der Waals surface area contributed by atoms with E-state index in [1.165, 1.54) is 0 Å². The summed E-state index contributed by atoms with van der Waals surface area (Å²) in [7, 11) is 0. The van der Waals surface area contributed by atoms with Crippen LogP contribution in [0.3, 0.4) is 0 Å². The minimum absolute atomic E-state index is 0.106. The Morgan fingerprint density at radius 3 is 3.00 bits per heavy atom. The average molecular weight is 297 g/mol. The van der Waals surface area contributed by atoms with Crippen molar-refractivity contribution in [2.75, 3.05) is 11.9 Å². The fraction of sp³-hybridized carbons (Fsp3) is 0.538. The van der Waals surface area contributed by atoms with E-state index in [9.17, 15) is 4.79 Å². The summed E-state index contributed by atoms with van der Waals surface area (Å²) in [5, 5.41) is 0.846. The number of halogens is 1. The summed E-state index contributed by atoms with van der Waals surface area (Å²) in [5.74, 6) is 0.672. The number of carbonyl (C=O) groups is 1. The Kier molecular flexibility index (Phi) is 3.82. The quantitative estimate of drug-likeness (QED) is 0.786. The number of alkyl halides is 1. The monoisotopic (exact) mass is 296 g/mol. The predicted octanol–water partition coefficient (Wildman–Crippen LogP) is 2.64. The fourth-order valence-corrected chi connectivity index (χ4v) is 3.32. The van der Waals surface area contributed by atoms with Crippen molar-refractivity contribution in [1.29, 1.82) is 0 Å². The highest BCUT2D eigenvalue weighted by Crippen LogP contribution is 2.26. The molecular weight excluding hydrogens is 280 g/mol. The van der Waals surface area contributed by atoms with Crippen LogP contribution in [0.5, 0.6) is 0 Å². The topological polar surface area (TPSA) is 33.2 Å². The molecule has 2 heterocycles. The predicted molar refractivity (Wildman–Crippen MR) is 71.4 cm³/mol. The second-order valence-electron chi connectivity index (χ2n) is 4.74. The molecule has 4 heteroatoms. The number of aryl methyl sites for hydroxylation is 1. The van der Waals surface area contributed by atoms with Crippen LogP contribution in [0.15, 0.2) is 18.5 Å². The largest absolute Gasteiger partial charge is 0.334 e. The number of likely N-dealkylation sites (tertiary alicyclic amines) is 1. The highest BCUT2D eigenvalue weighted by Gasteiger charge is 2.33. The van der Waals surface area contributed by atoms with Crippen molar-refractivity contribution in [3.63, 3.8) is 0 Å². The highest BCUT2D eigenvalue weighted by atomic mass is 79.9. The Morgan fingerprint density at radius 1 is 1.59 bits per heavy atom. The molecule has 2 unspecified atom stereocenters. The molecule has 3 nitrogen and oxygen atoms in total. The van der Waals surface area contributed by atoms with E-state index >= 15 is 0 Å². The van der Waals surface area contributed by atoms with E-state index in [0.717, 1.165) is 23.9 Å². The molecule has 0 aliphatic carbocycles. The van der Waals surface area contributed by atoms with Crippen molar-refractivity contribution in [2.45, 2.75) is 26.3 Å². The summed E-state index contributed by atoms with van der Waals surface area (Å²) in [5.41, 5.74) is 1.73. The molecule has 0 N–H and O–H groups in total. The zero-order chi connectivity index (χ0) is 12.4. The zero-order valence-electron chi connectivity index (χ0n) is 10.2. The first kappa shape index (κ1) is 12.6. The van der Waals surface area contributed by atoms with E-state index in [0.29, 0.717) is 17.5 Å². The van der Waals surface area contributed by atoms with Crippen LogP contribution >= 0.6 is 15.9 Å². The third kappa shape index (κ3) is 2.51. The summed E-state index contributed by atoms with van der Waals surface area (Å²) >= 11 is 3.50. The number of pyridine rings is 1. The lowest BCUT2D eigenvalue weighted by atomic mass is 10.0. The van der Waals surface area contributed by atoms with Crippen LogP contribution in [-0.4, -0.2) is 33.7 Å². The van der Waals surface area contributed by atoms with Crippen LogP contribution < -0.4 is 0 Å². The zero-order valence-corrected chi connectivity index (χ0v) is 11.8. The number of amides is 1. The summed E-state index contributed by atoms with van der Waals surface area (Å²) in [6, 6.07) is 2.21. The van der Waals surface area contributed by atoms with Gasteiger partial charge in [-0.2, -0.15) is 0 Å². The average Bonchev–Trinajstić information content (AvgIpc) is 2.69. The first-order valence-electron chi connectivity index (χ1n) is 5.92. The van der Waals surface area contributed by atoms with E-state index in [4.69, 9.17) is 0 Å². The SMILES string of the molecule is Cc1cncc(C(=O)N2CCC(C)C2CBr)c1. The van der Waals surface area contributed by atoms with Crippen LogP contribution in [0.1, 0.15) is 29.3 Å². The lowest BCUT2D eigenvalue weighted by Crippen LogP contribution is -2.38. The summed E-state index contributed by atoms with van der Waals surface area (Å²) in [6.45, 7) is 5.01. The third-order valence-corrected chi connectivity index (χ3v) is 4.09. The van der Waals surface area contributed by atoms with Crippen molar-refractivity contribution in [3.8, 4) is 0 Å². The molecule has 1 amide bonds. The van der Waals surface area contributed by atoms with Gasteiger partial charge in [-0.25, -0.2) is 0 Å². The van der Waals surface area contributed by atoms with Gasteiger partial charge >= 0.3 is 0 Å². The van der Waals surface area contributed by atoms with Gasteiger partial charge in [0, 0.05) is 30.3 Å². The normalized spacial score (nSPS) is 24.1. The van der Waals surface area contributed by atoms with Gasteiger partial charge in [-0.15, -0.1) is 0 Å². The lowest BCUT2D eigenvalue weighted by molar-refractivity contribution is 0.0738. The molecule has 0 saturated carbocycles. The number of rotatable bonds is 2. The van der Waals surface area contributed by atoms with E-state index in [1.54, 1.807) is 12.4 Å². The fourth-order valence-electron chi connectivity index (χ4n) is 2.33. The van der Waals surface area contributed by atoms with E-state index < -0.39 is 0 Å². The number of nitrogens with zero attached hydrogens (tertiary/aromatic N) is 2. The van der Waals surface area contributed by atoms with Gasteiger partial charge in [0.1, 0.15) is 0 Å². The van der Waals surface area contributed by atoms with Crippen molar-refractivity contribution < 1.29 is 4.79 Å². The Balaban J connectivity index is 2.20. The Morgan fingerprint density at radius 2 is 2.35 bits per heavy atom. The Hall–Kier alpha value is -0.900. The minimum Gasteiger partial charge on any atom is -0.334 e. The first-order valence-corrected chi connectivity index (χ1v) is 7.04. The lowest BCUT2D eigenvalue weighted by Gasteiger charge is -2.25. The highest BCUT2D eigenvalue weighted by molar-refractivity contribution is 9.09. The molecular formula is C13H17BrN2O. The number of aromatic nitrogens is 1. The molecule has 1 fully saturated rings. The van der Waals surface area contributed by atoms with Crippen molar-refractivity contribution in [1.82, 2.24) is 9.88 Å². The standard InChI is InChI=1S/C13H17BrN2O/c1-9-5-11(8-15-7-9)13(17)16-4-3-10(2)12(16)6-14/h5,7-8,10,12H,3-4,6H2,1-2H3. The maximum atomic E-state index is 12.4. The molecule has 2 rings (SSSR count). The molecule has 0 aromatic carbocycles. The molecule has 0 bridgehead atoms. The van der Waals surface area contributed by atoms with Crippen LogP contribution in [0.4, 0.5) is 0 Å². The first-order chi connectivity index (χ1) is 8.13. The maximum Gasteiger partial charge on any atom is 0.255 e. The van der Waals surface area contributed by atoms with Gasteiger partial charge in [0.05, 0.1) is 5.56 Å². The molecule has 17 heavy (non-hydrogen) atoms. The van der Waals surface area contributed by atoms with Crippen molar-refractivity contribution >= 4 is 21.8 Å². The van der Waals surface area contributed by atoms with Gasteiger partial charge < -0.3 is 4.90 Å². The van der Waals surface area contributed by atoms with Gasteiger partial charge in [-0.1, -0.05) is 22.9 Å². The van der Waals surface area contributed by atoms with Crippen LogP contribution in [0.2, 0.25) is 0 Å². The molecule has 0 radical (unpaired) electrons. The van der Waals surface area contributed by atoms with E-state index in [-0.39, 0.29) is 5.91 Å². The molecule has 1 aliphatic rings. The third-order valence-electron chi connectivity index (χ3n) is 3.42. The molecule has 1 aliphatic heterocycles. The molecule has 0 spiro atoms. The molecule has 2 atom stereocenters. The van der Waals surface area contributed by atoms with Crippen LogP contribution in [0.25, 0.3) is 0 Å². The molecule has 1 saturated heterocycles. The minimum atomic E-state index is 0.106. The summed E-state index contributed by atoms with van der Waals surface area (Å²) in [6.07, 6.45) is 4.51. The van der Waals surface area contributed by atoms with Crippen LogP contribution in [0, 0.1) is 12.8 Å².